The molecule has 5 aliphatic carbocycles. The van der Waals surface area contributed by atoms with Gasteiger partial charge in [0.15, 0.2) is 6.29 Å². The summed E-state index contributed by atoms with van der Waals surface area (Å²) in [7, 11) is 0. The highest BCUT2D eigenvalue weighted by molar-refractivity contribution is 5.80. The van der Waals surface area contributed by atoms with E-state index >= 15 is 0 Å². The van der Waals surface area contributed by atoms with E-state index < -0.39 is 97.5 Å². The highest BCUT2D eigenvalue weighted by Gasteiger charge is 2.72. The van der Waals surface area contributed by atoms with Crippen LogP contribution >= 0.6 is 0 Å². The SMILES string of the molecule is CC1(C)CC[C@]2(C(=O)O[C@H]3OC(CO)[C@H](O[C@H]4OC(CO)[C@@H](O)C(O)C4O)C(O)C3O)C(O)C[C@]3(C)C(=CC[C@@H]4[C@@]5(C)CC[C@H](O)C(C)(C)[C@@H]5CC[C@]43C)[C@@H]2C1. The molecule has 0 amide bonds. The number of aliphatic hydroxyl groups is 9. The van der Waals surface area contributed by atoms with Crippen LogP contribution in [0.5, 0.6) is 0 Å². The van der Waals surface area contributed by atoms with E-state index in [-0.39, 0.29) is 33.7 Å². The fourth-order valence-corrected chi connectivity index (χ4v) is 13.6. The molecule has 0 aromatic heterocycles. The second-order valence-corrected chi connectivity index (χ2v) is 20.8. The lowest BCUT2D eigenvalue weighted by Crippen LogP contribution is -2.68. The lowest BCUT2D eigenvalue weighted by Gasteiger charge is -2.71. The highest BCUT2D eigenvalue weighted by Crippen LogP contribution is 2.76. The van der Waals surface area contributed by atoms with E-state index in [0.717, 1.165) is 32.1 Å². The summed E-state index contributed by atoms with van der Waals surface area (Å²) in [5.41, 5.74) is -1.17. The van der Waals surface area contributed by atoms with Crippen molar-refractivity contribution in [2.24, 2.45) is 50.2 Å². The lowest BCUT2D eigenvalue weighted by atomic mass is 9.33. The highest BCUT2D eigenvalue weighted by atomic mass is 16.7. The molecular weight excluding hydrogens is 728 g/mol. The van der Waals surface area contributed by atoms with E-state index in [1.54, 1.807) is 0 Å². The summed E-state index contributed by atoms with van der Waals surface area (Å²) in [5, 5.41) is 97.1. The maximum atomic E-state index is 14.8. The van der Waals surface area contributed by atoms with Gasteiger partial charge in [-0.15, -0.1) is 0 Å². The van der Waals surface area contributed by atoms with E-state index in [1.165, 1.54) is 5.57 Å². The molecule has 7 rings (SSSR count). The second-order valence-electron chi connectivity index (χ2n) is 20.8. The quantitative estimate of drug-likeness (QED) is 0.136. The fraction of sp³-hybridized carbons (Fsp3) is 0.929. The van der Waals surface area contributed by atoms with Crippen molar-refractivity contribution in [3.63, 3.8) is 0 Å². The molecule has 2 heterocycles. The smallest absolute Gasteiger partial charge is 0.317 e. The minimum atomic E-state index is -1.89. The minimum absolute atomic E-state index is 0.00601. The molecule has 0 spiro atoms. The third-order valence-electron chi connectivity index (χ3n) is 17.2. The Morgan fingerprint density at radius 1 is 0.714 bits per heavy atom. The molecule has 2 saturated heterocycles. The molecule has 0 aromatic carbocycles. The lowest BCUT2D eigenvalue weighted by molar-refractivity contribution is -0.357. The maximum Gasteiger partial charge on any atom is 0.317 e. The Kier molecular flexibility index (Phi) is 11.0. The molecule has 320 valence electrons. The van der Waals surface area contributed by atoms with Gasteiger partial charge in [0, 0.05) is 0 Å². The third kappa shape index (κ3) is 6.13. The van der Waals surface area contributed by atoms with E-state index in [0.29, 0.717) is 37.5 Å². The van der Waals surface area contributed by atoms with Gasteiger partial charge in [-0.1, -0.05) is 60.1 Å². The second kappa shape index (κ2) is 14.4. The molecule has 56 heavy (non-hydrogen) atoms. The molecule has 0 bridgehead atoms. The molecule has 2 aliphatic heterocycles. The third-order valence-corrected chi connectivity index (χ3v) is 17.2. The van der Waals surface area contributed by atoms with Gasteiger partial charge in [-0.2, -0.15) is 0 Å². The first-order valence-corrected chi connectivity index (χ1v) is 20.9. The normalized spacial score (nSPS) is 53.7. The van der Waals surface area contributed by atoms with Crippen molar-refractivity contribution in [2.75, 3.05) is 13.2 Å². The standard InChI is InChI=1S/C42H68O14/c1-37(2)14-15-42(36(52)56-35-32(51)30(49)33(23(19-44)54-35)55-34-31(50)29(48)28(47)22(18-43)53-34)21(16-37)20-8-9-25-39(5)12-11-26(45)38(3,4)24(39)10-13-40(25,6)41(20,7)17-27(42)46/h8,21-35,43-51H,9-19H2,1-7H3/t21-,22?,23?,24-,25+,26-,27?,28+,29?,30?,31?,32?,33-,34+,35+,39-,40+,41+,42+/m0/s1. The first-order chi connectivity index (χ1) is 26.0. The van der Waals surface area contributed by atoms with Crippen LogP contribution in [-0.4, -0.2) is 139 Å². The number of allylic oxidation sites excluding steroid dienone is 2. The number of carbonyl (C=O) groups excluding carboxylic acids is 1. The maximum absolute atomic E-state index is 14.8. The molecule has 6 fully saturated rings. The Labute approximate surface area is 330 Å². The Morgan fingerprint density at radius 2 is 1.36 bits per heavy atom. The Hall–Kier alpha value is -1.27. The monoisotopic (exact) mass is 796 g/mol. The van der Waals surface area contributed by atoms with Crippen molar-refractivity contribution in [3.05, 3.63) is 11.6 Å². The summed E-state index contributed by atoms with van der Waals surface area (Å²) in [4.78, 5) is 14.8. The van der Waals surface area contributed by atoms with Gasteiger partial charge in [0.1, 0.15) is 54.2 Å². The van der Waals surface area contributed by atoms with Crippen LogP contribution in [0.25, 0.3) is 0 Å². The number of ether oxygens (including phenoxy) is 4. The molecule has 0 radical (unpaired) electrons. The van der Waals surface area contributed by atoms with Gasteiger partial charge < -0.3 is 64.9 Å². The molecule has 7 aliphatic rings. The molecular formula is C42H68O14. The predicted molar refractivity (Wildman–Crippen MR) is 199 cm³/mol. The topological polar surface area (TPSA) is 236 Å². The van der Waals surface area contributed by atoms with Gasteiger partial charge in [0.2, 0.25) is 6.29 Å². The van der Waals surface area contributed by atoms with Crippen molar-refractivity contribution in [1.29, 1.82) is 0 Å². The van der Waals surface area contributed by atoms with Crippen LogP contribution in [0.3, 0.4) is 0 Å². The fourth-order valence-electron chi connectivity index (χ4n) is 13.6. The van der Waals surface area contributed by atoms with Crippen molar-refractivity contribution in [3.8, 4) is 0 Å². The predicted octanol–water partition coefficient (Wildman–Crippen LogP) is 1.29. The first kappa shape index (κ1) is 42.8. The molecule has 14 nitrogen and oxygen atoms in total. The van der Waals surface area contributed by atoms with E-state index in [1.807, 2.05) is 0 Å². The molecule has 14 heteroatoms. The number of hydrogen-bond acceptors (Lipinski definition) is 14. The summed E-state index contributed by atoms with van der Waals surface area (Å²) in [6.45, 7) is 14.4. The van der Waals surface area contributed by atoms with Crippen LogP contribution in [0.4, 0.5) is 0 Å². The zero-order chi connectivity index (χ0) is 41.1. The number of hydrogen-bond donors (Lipinski definition) is 9. The van der Waals surface area contributed by atoms with Crippen molar-refractivity contribution < 1.29 is 69.7 Å². The number of carbonyl (C=O) groups is 1. The number of fused-ring (bicyclic) bond motifs is 7. The van der Waals surface area contributed by atoms with Crippen LogP contribution < -0.4 is 0 Å². The Morgan fingerprint density at radius 3 is 2.02 bits per heavy atom. The molecule has 4 saturated carbocycles. The molecule has 9 N–H and O–H groups in total. The number of esters is 1. The van der Waals surface area contributed by atoms with Crippen molar-refractivity contribution in [2.45, 2.75) is 180 Å². The van der Waals surface area contributed by atoms with Gasteiger partial charge in [-0.3, -0.25) is 4.79 Å². The van der Waals surface area contributed by atoms with Gasteiger partial charge in [0.25, 0.3) is 0 Å². The van der Waals surface area contributed by atoms with Crippen LogP contribution in [0, 0.1) is 50.2 Å². The molecule has 7 unspecified atom stereocenters. The van der Waals surface area contributed by atoms with Crippen LogP contribution in [0.1, 0.15) is 106 Å². The van der Waals surface area contributed by atoms with Gasteiger partial charge >= 0.3 is 5.97 Å². The van der Waals surface area contributed by atoms with Gasteiger partial charge in [-0.25, -0.2) is 0 Å². The van der Waals surface area contributed by atoms with Gasteiger partial charge in [-0.05, 0) is 103 Å². The largest absolute Gasteiger partial charge is 0.432 e. The van der Waals surface area contributed by atoms with Crippen molar-refractivity contribution in [1.82, 2.24) is 0 Å². The summed E-state index contributed by atoms with van der Waals surface area (Å²) in [6.07, 6.45) is -9.35. The minimum Gasteiger partial charge on any atom is -0.432 e. The zero-order valence-corrected chi connectivity index (χ0v) is 34.1. The number of aliphatic hydroxyl groups excluding tert-OH is 9. The number of rotatable bonds is 6. The summed E-state index contributed by atoms with van der Waals surface area (Å²) in [5.74, 6) is -0.449. The van der Waals surface area contributed by atoms with E-state index in [2.05, 4.69) is 54.5 Å². The average Bonchev–Trinajstić information content (AvgIpc) is 3.13. The summed E-state index contributed by atoms with van der Waals surface area (Å²) >= 11 is 0. The van der Waals surface area contributed by atoms with Crippen LogP contribution in [0.15, 0.2) is 11.6 Å². The zero-order valence-electron chi connectivity index (χ0n) is 34.1. The van der Waals surface area contributed by atoms with Gasteiger partial charge in [0.05, 0.1) is 25.4 Å². The van der Waals surface area contributed by atoms with Crippen LogP contribution in [-0.2, 0) is 23.7 Å². The summed E-state index contributed by atoms with van der Waals surface area (Å²) < 4.78 is 23.0. The van der Waals surface area contributed by atoms with E-state index in [9.17, 15) is 50.8 Å². The average molecular weight is 797 g/mol. The van der Waals surface area contributed by atoms with E-state index in [4.69, 9.17) is 18.9 Å². The Balaban J connectivity index is 1.16. The molecule has 19 atom stereocenters. The first-order valence-electron chi connectivity index (χ1n) is 20.9. The van der Waals surface area contributed by atoms with Crippen molar-refractivity contribution >= 4 is 5.97 Å². The molecule has 0 aromatic rings. The Bertz CT molecular complexity index is 1520. The van der Waals surface area contributed by atoms with Crippen LogP contribution in [0.2, 0.25) is 0 Å². The summed E-state index contributed by atoms with van der Waals surface area (Å²) in [6, 6.07) is 0.